The van der Waals surface area contributed by atoms with Crippen LogP contribution in [0, 0.1) is 0 Å². The van der Waals surface area contributed by atoms with Crippen LogP contribution in [0.4, 0.5) is 0 Å². The van der Waals surface area contributed by atoms with Crippen LogP contribution in [-0.4, -0.2) is 35.7 Å². The van der Waals surface area contributed by atoms with E-state index in [4.69, 9.17) is 9.97 Å². The lowest BCUT2D eigenvalue weighted by molar-refractivity contribution is 0.153. The Morgan fingerprint density at radius 3 is 2.15 bits per heavy atom. The first-order chi connectivity index (χ1) is 23.3. The van der Waals surface area contributed by atoms with Gasteiger partial charge in [0.25, 0.3) is 10.0 Å². The Bertz CT molecular complexity index is 2260. The van der Waals surface area contributed by atoms with Crippen LogP contribution < -0.4 is 4.72 Å². The van der Waals surface area contributed by atoms with E-state index in [1.54, 1.807) is 66.7 Å². The van der Waals surface area contributed by atoms with Crippen LogP contribution in [0.1, 0.15) is 47.1 Å². The summed E-state index contributed by atoms with van der Waals surface area (Å²) in [7, 11) is -7.59. The Labute approximate surface area is 281 Å². The minimum atomic E-state index is -3.95. The fraction of sp³-hybridized carbons (Fsp3) is 0.189. The summed E-state index contributed by atoms with van der Waals surface area (Å²) < 4.78 is 57.9. The highest BCUT2D eigenvalue weighted by molar-refractivity contribution is 7.90. The number of aryl methyl sites for hydroxylation is 1. The van der Waals surface area contributed by atoms with E-state index >= 15 is 0 Å². The molecule has 6 aromatic rings. The minimum absolute atomic E-state index is 0.0556. The fourth-order valence-corrected chi connectivity index (χ4v) is 8.92. The predicted octanol–water partition coefficient (Wildman–Crippen LogP) is 6.23. The number of aromatic nitrogens is 3. The zero-order chi connectivity index (χ0) is 33.1. The number of sulfonamides is 1. The lowest BCUT2D eigenvalue weighted by Crippen LogP contribution is -2.33. The lowest BCUT2D eigenvalue weighted by Gasteiger charge is -2.35. The van der Waals surface area contributed by atoms with Crippen LogP contribution in [0.15, 0.2) is 137 Å². The van der Waals surface area contributed by atoms with Crippen LogP contribution in [0.3, 0.4) is 0 Å². The van der Waals surface area contributed by atoms with Crippen LogP contribution in [0.5, 0.6) is 0 Å². The van der Waals surface area contributed by atoms with Gasteiger partial charge in [-0.3, -0.25) is 9.88 Å². The molecule has 11 heteroatoms. The summed E-state index contributed by atoms with van der Waals surface area (Å²) in [5, 5.41) is 0. The molecule has 0 fully saturated rings. The third-order valence-electron chi connectivity index (χ3n) is 8.75. The van der Waals surface area contributed by atoms with Crippen molar-refractivity contribution in [1.29, 1.82) is 0 Å². The molecule has 0 saturated heterocycles. The average molecular weight is 678 g/mol. The maximum Gasteiger partial charge on any atom is 0.269 e. The van der Waals surface area contributed by atoms with Gasteiger partial charge < -0.3 is 0 Å². The summed E-state index contributed by atoms with van der Waals surface area (Å²) in [4.78, 5) is 12.4. The third kappa shape index (κ3) is 6.54. The summed E-state index contributed by atoms with van der Waals surface area (Å²) in [5.74, 6) is 0.426. The minimum Gasteiger partial charge on any atom is -0.283 e. The normalized spacial score (nSPS) is 15.1. The molecule has 0 bridgehead atoms. The second-order valence-electron chi connectivity index (χ2n) is 11.9. The smallest absolute Gasteiger partial charge is 0.269 e. The number of rotatable bonds is 11. The van der Waals surface area contributed by atoms with Gasteiger partial charge in [0.05, 0.1) is 39.1 Å². The van der Waals surface area contributed by atoms with Crippen molar-refractivity contribution in [3.8, 4) is 0 Å². The zero-order valence-corrected chi connectivity index (χ0v) is 27.8. The van der Waals surface area contributed by atoms with Gasteiger partial charge in [-0.25, -0.2) is 30.5 Å². The maximum absolute atomic E-state index is 14.1. The van der Waals surface area contributed by atoms with Crippen molar-refractivity contribution in [3.63, 3.8) is 0 Å². The van der Waals surface area contributed by atoms with Crippen LogP contribution >= 0.6 is 0 Å². The predicted molar refractivity (Wildman–Crippen MR) is 185 cm³/mol. The number of hydrogen-bond donors (Lipinski definition) is 1. The van der Waals surface area contributed by atoms with Crippen molar-refractivity contribution in [2.45, 2.75) is 54.7 Å². The molecule has 2 heterocycles. The number of hydrogen-bond acceptors (Lipinski definition) is 7. The number of nitrogens with one attached hydrogen (secondary N) is 1. The number of nitrogens with zero attached hydrogens (tertiary/aromatic N) is 4. The Hall–Kier alpha value is -4.68. The molecule has 2 aromatic heterocycles. The van der Waals surface area contributed by atoms with Crippen LogP contribution in [0.2, 0.25) is 0 Å². The van der Waals surface area contributed by atoms with Gasteiger partial charge in [0.15, 0.2) is 0 Å². The van der Waals surface area contributed by atoms with Crippen molar-refractivity contribution < 1.29 is 16.8 Å². The number of pyridine rings is 1. The first-order valence-corrected chi connectivity index (χ1v) is 18.8. The van der Waals surface area contributed by atoms with Gasteiger partial charge in [-0.1, -0.05) is 78.9 Å². The third-order valence-corrected chi connectivity index (χ3v) is 11.9. The Morgan fingerprint density at radius 1 is 0.729 bits per heavy atom. The van der Waals surface area contributed by atoms with Crippen molar-refractivity contribution >= 4 is 31.1 Å². The highest BCUT2D eigenvalue weighted by atomic mass is 32.2. The second kappa shape index (κ2) is 13.4. The molecule has 1 aliphatic carbocycles. The van der Waals surface area contributed by atoms with Crippen molar-refractivity contribution in [2.75, 3.05) is 0 Å². The molecule has 1 aliphatic rings. The number of fused-ring (bicyclic) bond motifs is 2. The Kier molecular flexibility index (Phi) is 8.93. The molecular formula is C37H35N5O4S2. The van der Waals surface area contributed by atoms with E-state index in [1.165, 1.54) is 9.54 Å². The fourth-order valence-electron chi connectivity index (χ4n) is 6.38. The van der Waals surface area contributed by atoms with Crippen molar-refractivity contribution in [1.82, 2.24) is 23.6 Å². The molecule has 1 N–H and O–H groups in total. The molecule has 7 rings (SSSR count). The Morgan fingerprint density at radius 2 is 1.40 bits per heavy atom. The standard InChI is InChI=1S/C37H35N5O4S2/c43-47(44,31-13-3-1-4-14-31)39-25-28-20-22-29(23-21-28)26-41(35-19-9-11-30-12-10-24-38-37(30)35)27-36-40-33-17-7-8-18-34(33)42(36)48(45,46)32-15-5-2-6-16-32/h1-8,10,12-18,20-24,35,39H,9,11,19,25-27H2. The summed E-state index contributed by atoms with van der Waals surface area (Å²) >= 11 is 0. The molecule has 1 atom stereocenters. The van der Waals surface area contributed by atoms with Gasteiger partial charge in [0.2, 0.25) is 10.0 Å². The highest BCUT2D eigenvalue weighted by Crippen LogP contribution is 2.35. The lowest BCUT2D eigenvalue weighted by atomic mass is 9.90. The second-order valence-corrected chi connectivity index (χ2v) is 15.5. The van der Waals surface area contributed by atoms with E-state index in [-0.39, 0.29) is 28.9 Å². The quantitative estimate of drug-likeness (QED) is 0.173. The van der Waals surface area contributed by atoms with Gasteiger partial charge in [-0.05, 0) is 78.4 Å². The zero-order valence-electron chi connectivity index (χ0n) is 26.2. The van der Waals surface area contributed by atoms with Gasteiger partial charge >= 0.3 is 0 Å². The first kappa shape index (κ1) is 31.9. The topological polar surface area (TPSA) is 114 Å². The summed E-state index contributed by atoms with van der Waals surface area (Å²) in [6.07, 6.45) is 4.62. The van der Waals surface area contributed by atoms with Crippen molar-refractivity contribution in [2.24, 2.45) is 0 Å². The molecule has 244 valence electrons. The van der Waals surface area contributed by atoms with E-state index in [9.17, 15) is 16.8 Å². The van der Waals surface area contributed by atoms with Gasteiger partial charge in [-0.2, -0.15) is 0 Å². The van der Waals surface area contributed by atoms with Crippen molar-refractivity contribution in [3.05, 3.63) is 156 Å². The Balaban J connectivity index is 1.22. The monoisotopic (exact) mass is 677 g/mol. The number of imidazole rings is 1. The summed E-state index contributed by atoms with van der Waals surface area (Å²) in [6, 6.07) is 35.9. The first-order valence-electron chi connectivity index (χ1n) is 15.9. The largest absolute Gasteiger partial charge is 0.283 e. The molecule has 9 nitrogen and oxygen atoms in total. The number of para-hydroxylation sites is 2. The molecule has 48 heavy (non-hydrogen) atoms. The summed E-state index contributed by atoms with van der Waals surface area (Å²) in [5.41, 5.74) is 5.17. The van der Waals surface area contributed by atoms with Crippen LogP contribution in [-0.2, 0) is 46.1 Å². The van der Waals surface area contributed by atoms with E-state index in [0.717, 1.165) is 36.1 Å². The van der Waals surface area contributed by atoms with Gasteiger partial charge in [0, 0.05) is 19.3 Å². The van der Waals surface area contributed by atoms with E-state index in [1.807, 2.05) is 54.7 Å². The summed E-state index contributed by atoms with van der Waals surface area (Å²) in [6.45, 7) is 0.924. The maximum atomic E-state index is 14.1. The molecule has 0 aliphatic heterocycles. The van der Waals surface area contributed by atoms with Gasteiger partial charge in [0.1, 0.15) is 5.82 Å². The average Bonchev–Trinajstić information content (AvgIpc) is 3.50. The molecular weight excluding hydrogens is 643 g/mol. The molecule has 0 spiro atoms. The molecule has 1 unspecified atom stereocenters. The van der Waals surface area contributed by atoms with E-state index < -0.39 is 20.0 Å². The van der Waals surface area contributed by atoms with Crippen LogP contribution in [0.25, 0.3) is 11.0 Å². The molecule has 4 aromatic carbocycles. The molecule has 0 amide bonds. The van der Waals surface area contributed by atoms with E-state index in [0.29, 0.717) is 23.4 Å². The van der Waals surface area contributed by atoms with Gasteiger partial charge in [-0.15, -0.1) is 0 Å². The molecule has 0 saturated carbocycles. The highest BCUT2D eigenvalue weighted by Gasteiger charge is 2.31. The number of benzene rings is 4. The SMILES string of the molecule is O=S(=O)(NCc1ccc(CN(Cc2nc3ccccc3n2S(=O)(=O)c2ccccc2)C2CCCc3cccnc32)cc1)c1ccccc1. The molecule has 0 radical (unpaired) electrons. The van der Waals surface area contributed by atoms with E-state index in [2.05, 4.69) is 15.7 Å².